The number of carbonyl (C=O) groups excluding carboxylic acids is 2. The lowest BCUT2D eigenvalue weighted by Gasteiger charge is -2.05. The van der Waals surface area contributed by atoms with Crippen LogP contribution in [0.25, 0.3) is 0 Å². The molecule has 0 saturated carbocycles. The summed E-state index contributed by atoms with van der Waals surface area (Å²) in [5.74, 6) is -3.26. The highest BCUT2D eigenvalue weighted by molar-refractivity contribution is 6.42. The van der Waals surface area contributed by atoms with Gasteiger partial charge >= 0.3 is 0 Å². The summed E-state index contributed by atoms with van der Waals surface area (Å²) in [5, 5.41) is 5.99. The van der Waals surface area contributed by atoms with Crippen LogP contribution < -0.4 is 10.7 Å². The molecule has 8 heteroatoms. The number of nitrogens with zero attached hydrogens (tertiary/aromatic N) is 2. The second kappa shape index (κ2) is 7.21. The van der Waals surface area contributed by atoms with Crippen LogP contribution in [0.1, 0.15) is 17.3 Å². The van der Waals surface area contributed by atoms with Gasteiger partial charge in [0.2, 0.25) is 0 Å². The van der Waals surface area contributed by atoms with E-state index in [0.29, 0.717) is 5.56 Å². The zero-order valence-corrected chi connectivity index (χ0v) is 12.0. The van der Waals surface area contributed by atoms with E-state index in [0.717, 1.165) is 12.1 Å². The highest BCUT2D eigenvalue weighted by Gasteiger charge is 2.10. The fourth-order valence-electron chi connectivity index (χ4n) is 1.55. The fourth-order valence-corrected chi connectivity index (χ4v) is 1.55. The highest BCUT2D eigenvalue weighted by atomic mass is 19.2. The van der Waals surface area contributed by atoms with Crippen molar-refractivity contribution in [2.75, 3.05) is 5.32 Å². The van der Waals surface area contributed by atoms with Crippen molar-refractivity contribution >= 4 is 23.2 Å². The summed E-state index contributed by atoms with van der Waals surface area (Å²) < 4.78 is 25.9. The number of pyridine rings is 1. The zero-order valence-electron chi connectivity index (χ0n) is 12.0. The Bertz CT molecular complexity index is 763. The SMILES string of the molecule is C/C(=N\NC(=O)c1ccncc1)C(=O)Nc1ccc(F)c(F)c1. The molecular formula is C15H12F2N4O2. The van der Waals surface area contributed by atoms with Gasteiger partial charge in [0.1, 0.15) is 5.71 Å². The average molecular weight is 318 g/mol. The molecule has 1 aromatic carbocycles. The predicted molar refractivity (Wildman–Crippen MR) is 79.8 cm³/mol. The first-order valence-electron chi connectivity index (χ1n) is 6.48. The van der Waals surface area contributed by atoms with Gasteiger partial charge in [-0.15, -0.1) is 0 Å². The molecule has 0 fully saturated rings. The lowest BCUT2D eigenvalue weighted by Crippen LogP contribution is -2.25. The number of benzene rings is 1. The van der Waals surface area contributed by atoms with Crippen molar-refractivity contribution in [2.45, 2.75) is 6.92 Å². The number of halogens is 2. The zero-order chi connectivity index (χ0) is 16.8. The molecule has 0 unspecified atom stereocenters. The van der Waals surface area contributed by atoms with Gasteiger partial charge in [0, 0.05) is 29.7 Å². The Morgan fingerprint density at radius 2 is 1.78 bits per heavy atom. The van der Waals surface area contributed by atoms with Crippen LogP contribution in [0, 0.1) is 11.6 Å². The van der Waals surface area contributed by atoms with E-state index in [1.807, 2.05) is 0 Å². The van der Waals surface area contributed by atoms with E-state index in [1.54, 1.807) is 0 Å². The third kappa shape index (κ3) is 4.40. The minimum absolute atomic E-state index is 0.0582. The molecule has 0 spiro atoms. The van der Waals surface area contributed by atoms with Crippen LogP contribution in [0.3, 0.4) is 0 Å². The molecule has 118 valence electrons. The minimum atomic E-state index is -1.08. The van der Waals surface area contributed by atoms with Gasteiger partial charge in [-0.1, -0.05) is 0 Å². The second-order valence-electron chi connectivity index (χ2n) is 4.46. The molecule has 0 aliphatic rings. The van der Waals surface area contributed by atoms with Crippen molar-refractivity contribution in [1.29, 1.82) is 0 Å². The van der Waals surface area contributed by atoms with Gasteiger partial charge in [-0.3, -0.25) is 14.6 Å². The van der Waals surface area contributed by atoms with Crippen LogP contribution in [0.15, 0.2) is 47.8 Å². The molecule has 0 radical (unpaired) electrons. The van der Waals surface area contributed by atoms with E-state index < -0.39 is 23.4 Å². The molecule has 1 aromatic heterocycles. The number of anilines is 1. The van der Waals surface area contributed by atoms with Gasteiger partial charge in [-0.05, 0) is 31.2 Å². The van der Waals surface area contributed by atoms with Crippen molar-refractivity contribution in [1.82, 2.24) is 10.4 Å². The Labute approximate surface area is 130 Å². The third-order valence-electron chi connectivity index (χ3n) is 2.77. The van der Waals surface area contributed by atoms with Gasteiger partial charge in [0.05, 0.1) is 0 Å². The number of nitrogens with one attached hydrogen (secondary N) is 2. The monoisotopic (exact) mass is 318 g/mol. The topological polar surface area (TPSA) is 83.5 Å². The summed E-state index contributed by atoms with van der Waals surface area (Å²) in [5.41, 5.74) is 2.56. The van der Waals surface area contributed by atoms with E-state index in [1.165, 1.54) is 37.5 Å². The summed E-state index contributed by atoms with van der Waals surface area (Å²) in [6.07, 6.45) is 2.89. The number of carbonyl (C=O) groups is 2. The maximum atomic E-state index is 13.1. The summed E-state index contributed by atoms with van der Waals surface area (Å²) in [4.78, 5) is 27.4. The fraction of sp³-hybridized carbons (Fsp3) is 0.0667. The lowest BCUT2D eigenvalue weighted by atomic mass is 10.2. The molecule has 2 amide bonds. The number of aromatic nitrogens is 1. The molecule has 0 aliphatic carbocycles. The third-order valence-corrected chi connectivity index (χ3v) is 2.77. The first-order chi connectivity index (χ1) is 11.0. The first-order valence-corrected chi connectivity index (χ1v) is 6.48. The molecule has 1 heterocycles. The summed E-state index contributed by atoms with van der Waals surface area (Å²) >= 11 is 0. The minimum Gasteiger partial charge on any atom is -0.321 e. The lowest BCUT2D eigenvalue weighted by molar-refractivity contribution is -0.110. The van der Waals surface area contributed by atoms with Crippen molar-refractivity contribution in [2.24, 2.45) is 5.10 Å². The summed E-state index contributed by atoms with van der Waals surface area (Å²) in [7, 11) is 0. The van der Waals surface area contributed by atoms with Crippen molar-refractivity contribution in [3.05, 3.63) is 59.9 Å². The first kappa shape index (κ1) is 16.2. The van der Waals surface area contributed by atoms with Gasteiger partial charge in [-0.25, -0.2) is 14.2 Å². The Morgan fingerprint density at radius 3 is 2.43 bits per heavy atom. The van der Waals surface area contributed by atoms with E-state index in [-0.39, 0.29) is 11.4 Å². The number of amides is 2. The molecule has 0 atom stereocenters. The Balaban J connectivity index is 1.98. The van der Waals surface area contributed by atoms with Crippen molar-refractivity contribution in [3.63, 3.8) is 0 Å². The highest BCUT2D eigenvalue weighted by Crippen LogP contribution is 2.12. The molecule has 0 bridgehead atoms. The molecule has 0 aliphatic heterocycles. The van der Waals surface area contributed by atoms with E-state index >= 15 is 0 Å². The number of rotatable bonds is 4. The maximum absolute atomic E-state index is 13.1. The smallest absolute Gasteiger partial charge is 0.271 e. The van der Waals surface area contributed by atoms with Crippen LogP contribution in [-0.4, -0.2) is 22.5 Å². The molecule has 23 heavy (non-hydrogen) atoms. The Hall–Kier alpha value is -3.16. The van der Waals surface area contributed by atoms with Gasteiger partial charge in [-0.2, -0.15) is 5.10 Å². The maximum Gasteiger partial charge on any atom is 0.271 e. The van der Waals surface area contributed by atoms with Crippen LogP contribution in [0.4, 0.5) is 14.5 Å². The molecule has 0 saturated heterocycles. The predicted octanol–water partition coefficient (Wildman–Crippen LogP) is 2.10. The van der Waals surface area contributed by atoms with Crippen molar-refractivity contribution < 1.29 is 18.4 Å². The standard InChI is InChI=1S/C15H12F2N4O2/c1-9(20-21-15(23)10-4-6-18-7-5-10)14(22)19-11-2-3-12(16)13(17)8-11/h2-8H,1H3,(H,19,22)(H,21,23)/b20-9+. The molecule has 2 N–H and O–H groups in total. The number of hydrazone groups is 1. The number of hydrogen-bond donors (Lipinski definition) is 2. The van der Waals surface area contributed by atoms with Gasteiger partial charge in [0.15, 0.2) is 11.6 Å². The van der Waals surface area contributed by atoms with Crippen molar-refractivity contribution in [3.8, 4) is 0 Å². The summed E-state index contributed by atoms with van der Waals surface area (Å²) in [6.45, 7) is 1.36. The van der Waals surface area contributed by atoms with E-state index in [4.69, 9.17) is 0 Å². The normalized spacial score (nSPS) is 11.0. The molecule has 2 aromatic rings. The van der Waals surface area contributed by atoms with Gasteiger partial charge in [0.25, 0.3) is 11.8 Å². The summed E-state index contributed by atoms with van der Waals surface area (Å²) in [6, 6.07) is 5.92. The van der Waals surface area contributed by atoms with E-state index in [9.17, 15) is 18.4 Å². The van der Waals surface area contributed by atoms with Crippen LogP contribution in [-0.2, 0) is 4.79 Å². The number of hydrogen-bond acceptors (Lipinski definition) is 4. The molecule has 2 rings (SSSR count). The Morgan fingerprint density at radius 1 is 1.09 bits per heavy atom. The molecular weight excluding hydrogens is 306 g/mol. The van der Waals surface area contributed by atoms with E-state index in [2.05, 4.69) is 20.8 Å². The largest absolute Gasteiger partial charge is 0.321 e. The average Bonchev–Trinajstić information content (AvgIpc) is 2.56. The second-order valence-corrected chi connectivity index (χ2v) is 4.46. The Kier molecular flexibility index (Phi) is 5.08. The van der Waals surface area contributed by atoms with Gasteiger partial charge < -0.3 is 5.32 Å². The molecule has 6 nitrogen and oxygen atoms in total. The quantitative estimate of drug-likeness (QED) is 0.669. The van der Waals surface area contributed by atoms with Crippen LogP contribution in [0.5, 0.6) is 0 Å². The van der Waals surface area contributed by atoms with Crippen LogP contribution >= 0.6 is 0 Å². The van der Waals surface area contributed by atoms with Crippen LogP contribution in [0.2, 0.25) is 0 Å².